The first kappa shape index (κ1) is 15.3. The van der Waals surface area contributed by atoms with Crippen LogP contribution in [0.3, 0.4) is 0 Å². The number of hydrogen-bond donors (Lipinski definition) is 1. The molecular formula is C17H34N2. The molecule has 4 unspecified atom stereocenters. The van der Waals surface area contributed by atoms with Gasteiger partial charge in [0.25, 0.3) is 0 Å². The molecule has 4 atom stereocenters. The van der Waals surface area contributed by atoms with Crippen LogP contribution < -0.4 is 5.32 Å². The van der Waals surface area contributed by atoms with Crippen LogP contribution >= 0.6 is 0 Å². The molecule has 2 heteroatoms. The first-order valence-corrected chi connectivity index (χ1v) is 8.66. The fourth-order valence-electron chi connectivity index (χ4n) is 4.08. The van der Waals surface area contributed by atoms with Crippen molar-refractivity contribution >= 4 is 0 Å². The first-order valence-electron chi connectivity index (χ1n) is 8.66. The lowest BCUT2D eigenvalue weighted by molar-refractivity contribution is 0.0984. The Morgan fingerprint density at radius 1 is 1.11 bits per heavy atom. The fraction of sp³-hybridized carbons (Fsp3) is 1.00. The molecule has 19 heavy (non-hydrogen) atoms. The van der Waals surface area contributed by atoms with Crippen LogP contribution in [0, 0.1) is 11.8 Å². The van der Waals surface area contributed by atoms with Gasteiger partial charge in [0.1, 0.15) is 0 Å². The molecule has 1 N–H and O–H groups in total. The third kappa shape index (κ3) is 4.75. The number of nitrogens with zero attached hydrogens (tertiary/aromatic N) is 1. The Balaban J connectivity index is 1.73. The third-order valence-electron chi connectivity index (χ3n) is 5.23. The van der Waals surface area contributed by atoms with Crippen LogP contribution in [-0.2, 0) is 0 Å². The summed E-state index contributed by atoms with van der Waals surface area (Å²) in [6.45, 7) is 11.0. The Morgan fingerprint density at radius 2 is 1.95 bits per heavy atom. The van der Waals surface area contributed by atoms with Crippen LogP contribution in [0.15, 0.2) is 0 Å². The van der Waals surface area contributed by atoms with E-state index in [-0.39, 0.29) is 0 Å². The van der Waals surface area contributed by atoms with Crippen molar-refractivity contribution in [3.63, 3.8) is 0 Å². The smallest absolute Gasteiger partial charge is 0.00940 e. The van der Waals surface area contributed by atoms with Crippen molar-refractivity contribution in [2.75, 3.05) is 19.6 Å². The highest BCUT2D eigenvalue weighted by molar-refractivity contribution is 4.85. The summed E-state index contributed by atoms with van der Waals surface area (Å²) < 4.78 is 0. The van der Waals surface area contributed by atoms with Gasteiger partial charge in [-0.25, -0.2) is 0 Å². The van der Waals surface area contributed by atoms with E-state index in [4.69, 9.17) is 0 Å². The molecule has 0 aromatic rings. The molecule has 0 radical (unpaired) electrons. The Bertz CT molecular complexity index is 254. The van der Waals surface area contributed by atoms with Crippen molar-refractivity contribution in [3.8, 4) is 0 Å². The summed E-state index contributed by atoms with van der Waals surface area (Å²) in [6.07, 6.45) is 9.85. The van der Waals surface area contributed by atoms with Crippen molar-refractivity contribution in [3.05, 3.63) is 0 Å². The molecule has 0 aromatic heterocycles. The first-order chi connectivity index (χ1) is 9.19. The molecule has 2 fully saturated rings. The molecule has 112 valence electrons. The quantitative estimate of drug-likeness (QED) is 0.817. The van der Waals surface area contributed by atoms with E-state index in [2.05, 4.69) is 31.0 Å². The minimum atomic E-state index is 0.775. The normalized spacial score (nSPS) is 37.4. The maximum Gasteiger partial charge on any atom is 0.00940 e. The largest absolute Gasteiger partial charge is 0.314 e. The lowest BCUT2D eigenvalue weighted by Gasteiger charge is -2.41. The fourth-order valence-corrected chi connectivity index (χ4v) is 4.08. The maximum atomic E-state index is 3.71. The molecule has 2 nitrogen and oxygen atoms in total. The van der Waals surface area contributed by atoms with Crippen LogP contribution in [0.5, 0.6) is 0 Å². The zero-order valence-corrected chi connectivity index (χ0v) is 13.3. The number of rotatable bonds is 5. The highest BCUT2D eigenvalue weighted by Crippen LogP contribution is 2.30. The second kappa shape index (κ2) is 7.64. The topological polar surface area (TPSA) is 15.3 Å². The number of likely N-dealkylation sites (tertiary alicyclic amines) is 1. The van der Waals surface area contributed by atoms with E-state index in [9.17, 15) is 0 Å². The Labute approximate surface area is 120 Å². The van der Waals surface area contributed by atoms with Gasteiger partial charge in [-0.2, -0.15) is 0 Å². The summed E-state index contributed by atoms with van der Waals surface area (Å²) in [5.74, 6) is 1.95. The van der Waals surface area contributed by atoms with E-state index in [0.29, 0.717) is 0 Å². The molecule has 0 aromatic carbocycles. The van der Waals surface area contributed by atoms with Crippen LogP contribution in [-0.4, -0.2) is 36.6 Å². The molecule has 1 saturated heterocycles. The van der Waals surface area contributed by atoms with Gasteiger partial charge in [-0.3, -0.25) is 0 Å². The predicted octanol–water partition coefficient (Wildman–Crippen LogP) is 3.67. The van der Waals surface area contributed by atoms with Crippen molar-refractivity contribution < 1.29 is 0 Å². The summed E-state index contributed by atoms with van der Waals surface area (Å²) in [7, 11) is 0. The zero-order valence-electron chi connectivity index (χ0n) is 13.3. The van der Waals surface area contributed by atoms with Crippen LogP contribution in [0.4, 0.5) is 0 Å². The molecular weight excluding hydrogens is 232 g/mol. The average Bonchev–Trinajstić information content (AvgIpc) is 2.39. The molecule has 1 aliphatic carbocycles. The second-order valence-corrected chi connectivity index (χ2v) is 7.16. The number of piperidine rings is 1. The summed E-state index contributed by atoms with van der Waals surface area (Å²) >= 11 is 0. The molecule has 2 aliphatic rings. The summed E-state index contributed by atoms with van der Waals surface area (Å²) in [4.78, 5) is 2.77. The number of nitrogens with one attached hydrogen (secondary N) is 1. The van der Waals surface area contributed by atoms with Crippen molar-refractivity contribution in [2.45, 2.75) is 77.8 Å². The summed E-state index contributed by atoms with van der Waals surface area (Å²) in [5.41, 5.74) is 0. The molecule has 0 amide bonds. The van der Waals surface area contributed by atoms with Gasteiger partial charge in [0.05, 0.1) is 0 Å². The molecule has 2 rings (SSSR count). The van der Waals surface area contributed by atoms with E-state index in [1.54, 1.807) is 0 Å². The molecule has 1 heterocycles. The lowest BCUT2D eigenvalue weighted by Crippen LogP contribution is -2.49. The van der Waals surface area contributed by atoms with E-state index < -0.39 is 0 Å². The van der Waals surface area contributed by atoms with Gasteiger partial charge >= 0.3 is 0 Å². The van der Waals surface area contributed by atoms with Crippen LogP contribution in [0.1, 0.15) is 65.7 Å². The predicted molar refractivity (Wildman–Crippen MR) is 83.5 cm³/mol. The molecule has 0 spiro atoms. The van der Waals surface area contributed by atoms with E-state index in [0.717, 1.165) is 23.9 Å². The van der Waals surface area contributed by atoms with E-state index >= 15 is 0 Å². The molecule has 0 bridgehead atoms. The number of hydrogen-bond acceptors (Lipinski definition) is 2. The maximum absolute atomic E-state index is 3.71. The third-order valence-corrected chi connectivity index (χ3v) is 5.23. The monoisotopic (exact) mass is 266 g/mol. The van der Waals surface area contributed by atoms with E-state index in [1.165, 1.54) is 64.6 Å². The van der Waals surface area contributed by atoms with Gasteiger partial charge in [0.15, 0.2) is 0 Å². The standard InChI is InChI=1S/C17H34N2/c1-4-9-18-17-8-10-19(15(3)12-17)13-16-7-5-6-14(2)11-16/h14-18H,4-13H2,1-3H3. The Kier molecular flexibility index (Phi) is 6.15. The average molecular weight is 266 g/mol. The van der Waals surface area contributed by atoms with Gasteiger partial charge in [-0.15, -0.1) is 0 Å². The van der Waals surface area contributed by atoms with Crippen molar-refractivity contribution in [1.82, 2.24) is 10.2 Å². The minimum absolute atomic E-state index is 0.775. The minimum Gasteiger partial charge on any atom is -0.314 e. The van der Waals surface area contributed by atoms with Crippen molar-refractivity contribution in [1.29, 1.82) is 0 Å². The summed E-state index contributed by atoms with van der Waals surface area (Å²) in [5, 5.41) is 3.71. The molecule has 1 aliphatic heterocycles. The second-order valence-electron chi connectivity index (χ2n) is 7.16. The Morgan fingerprint density at radius 3 is 2.63 bits per heavy atom. The van der Waals surface area contributed by atoms with Gasteiger partial charge in [-0.1, -0.05) is 26.7 Å². The van der Waals surface area contributed by atoms with E-state index in [1.807, 2.05) is 0 Å². The van der Waals surface area contributed by atoms with Crippen molar-refractivity contribution in [2.24, 2.45) is 11.8 Å². The summed E-state index contributed by atoms with van der Waals surface area (Å²) in [6, 6.07) is 1.55. The Hall–Kier alpha value is -0.0800. The SMILES string of the molecule is CCCNC1CCN(CC2CCCC(C)C2)C(C)C1. The highest BCUT2D eigenvalue weighted by atomic mass is 15.2. The van der Waals surface area contributed by atoms with Crippen LogP contribution in [0.2, 0.25) is 0 Å². The van der Waals surface area contributed by atoms with Gasteiger partial charge in [0, 0.05) is 18.6 Å². The van der Waals surface area contributed by atoms with Crippen LogP contribution in [0.25, 0.3) is 0 Å². The zero-order chi connectivity index (χ0) is 13.7. The van der Waals surface area contributed by atoms with Gasteiger partial charge in [-0.05, 0) is 64.0 Å². The van der Waals surface area contributed by atoms with Gasteiger partial charge in [0.2, 0.25) is 0 Å². The molecule has 1 saturated carbocycles. The van der Waals surface area contributed by atoms with Gasteiger partial charge < -0.3 is 10.2 Å². The lowest BCUT2D eigenvalue weighted by atomic mass is 9.81. The highest BCUT2D eigenvalue weighted by Gasteiger charge is 2.28.